The van der Waals surface area contributed by atoms with Crippen molar-refractivity contribution in [2.45, 2.75) is 32.6 Å². The van der Waals surface area contributed by atoms with E-state index in [9.17, 15) is 4.79 Å². The predicted octanol–water partition coefficient (Wildman–Crippen LogP) is 2.78. The van der Waals surface area contributed by atoms with Gasteiger partial charge in [0.1, 0.15) is 11.5 Å². The number of nitrogens with one attached hydrogen (secondary N) is 1. The Kier molecular flexibility index (Phi) is 4.77. The molecule has 4 nitrogen and oxygen atoms in total. The molecule has 1 fully saturated rings. The fourth-order valence-corrected chi connectivity index (χ4v) is 2.69. The van der Waals surface area contributed by atoms with Crippen molar-refractivity contribution in [3.63, 3.8) is 0 Å². The molecule has 2 rings (SSSR count). The van der Waals surface area contributed by atoms with E-state index in [-0.39, 0.29) is 5.91 Å². The Hall–Kier alpha value is -1.58. The molecule has 1 N–H and O–H groups in total. The molecule has 1 amide bonds. The first-order valence-electron chi connectivity index (χ1n) is 7.17. The van der Waals surface area contributed by atoms with Crippen molar-refractivity contribution >= 4 is 11.7 Å². The molecule has 0 unspecified atom stereocenters. The van der Waals surface area contributed by atoms with Crippen LogP contribution in [-0.2, 0) is 0 Å². The Morgan fingerprint density at radius 2 is 2.16 bits per heavy atom. The van der Waals surface area contributed by atoms with E-state index in [0.29, 0.717) is 11.6 Å². The summed E-state index contributed by atoms with van der Waals surface area (Å²) >= 11 is 0. The van der Waals surface area contributed by atoms with E-state index in [0.717, 1.165) is 18.9 Å². The molecule has 19 heavy (non-hydrogen) atoms. The quantitative estimate of drug-likeness (QED) is 0.886. The lowest BCUT2D eigenvalue weighted by atomic mass is 10.1. The lowest BCUT2D eigenvalue weighted by Crippen LogP contribution is -2.31. The van der Waals surface area contributed by atoms with Crippen molar-refractivity contribution in [2.75, 3.05) is 25.5 Å². The van der Waals surface area contributed by atoms with E-state index >= 15 is 0 Å². The van der Waals surface area contributed by atoms with Gasteiger partial charge in [-0.15, -0.1) is 0 Å². The molecular weight excluding hydrogens is 238 g/mol. The van der Waals surface area contributed by atoms with Crippen molar-refractivity contribution in [3.8, 4) is 0 Å². The largest absolute Gasteiger partial charge is 0.370 e. The summed E-state index contributed by atoms with van der Waals surface area (Å²) in [7, 11) is 1.88. The Morgan fingerprint density at radius 1 is 1.42 bits per heavy atom. The first-order chi connectivity index (χ1) is 9.20. The number of carbonyl (C=O) groups excluding carboxylic acids is 1. The number of nitrogens with zero attached hydrogens (tertiary/aromatic N) is 2. The minimum Gasteiger partial charge on any atom is -0.370 e. The summed E-state index contributed by atoms with van der Waals surface area (Å²) in [5, 5.41) is 3.13. The summed E-state index contributed by atoms with van der Waals surface area (Å²) in [5.41, 5.74) is 0.527. The van der Waals surface area contributed by atoms with Crippen molar-refractivity contribution in [2.24, 2.45) is 5.92 Å². The highest BCUT2D eigenvalue weighted by Gasteiger charge is 2.20. The number of hydrogen-bond donors (Lipinski definition) is 1. The molecule has 1 aliphatic rings. The maximum absolute atomic E-state index is 12.3. The maximum atomic E-state index is 12.3. The minimum atomic E-state index is 0.0200. The van der Waals surface area contributed by atoms with Crippen molar-refractivity contribution in [1.29, 1.82) is 0 Å². The molecule has 4 heteroatoms. The Bertz CT molecular complexity index is 427. The van der Waals surface area contributed by atoms with Crippen LogP contribution in [0.1, 0.15) is 43.1 Å². The fraction of sp³-hybridized carbons (Fsp3) is 0.600. The monoisotopic (exact) mass is 261 g/mol. The lowest BCUT2D eigenvalue weighted by Gasteiger charge is -2.20. The van der Waals surface area contributed by atoms with Crippen LogP contribution in [0.4, 0.5) is 5.82 Å². The third-order valence-electron chi connectivity index (χ3n) is 3.68. The zero-order valence-corrected chi connectivity index (χ0v) is 11.9. The number of pyridine rings is 1. The van der Waals surface area contributed by atoms with Crippen molar-refractivity contribution in [3.05, 3.63) is 23.9 Å². The molecule has 0 atom stereocenters. The normalized spacial score (nSPS) is 15.5. The second-order valence-corrected chi connectivity index (χ2v) is 5.27. The SMILES string of the molecule is CCNc1cccc(C(=O)N(C)CC2CCCC2)n1. The second kappa shape index (κ2) is 6.55. The molecule has 1 saturated carbocycles. The smallest absolute Gasteiger partial charge is 0.272 e. The highest BCUT2D eigenvalue weighted by Crippen LogP contribution is 2.25. The van der Waals surface area contributed by atoms with Crippen LogP contribution in [0.5, 0.6) is 0 Å². The fourth-order valence-electron chi connectivity index (χ4n) is 2.69. The molecule has 1 heterocycles. The van der Waals surface area contributed by atoms with Crippen LogP contribution in [0.25, 0.3) is 0 Å². The van der Waals surface area contributed by atoms with Crippen LogP contribution < -0.4 is 5.32 Å². The van der Waals surface area contributed by atoms with Gasteiger partial charge in [-0.3, -0.25) is 4.79 Å². The van der Waals surface area contributed by atoms with Gasteiger partial charge in [0.15, 0.2) is 0 Å². The van der Waals surface area contributed by atoms with Crippen LogP contribution in [0.15, 0.2) is 18.2 Å². The highest BCUT2D eigenvalue weighted by atomic mass is 16.2. The summed E-state index contributed by atoms with van der Waals surface area (Å²) in [6.45, 7) is 3.68. The van der Waals surface area contributed by atoms with Crippen LogP contribution >= 0.6 is 0 Å². The van der Waals surface area contributed by atoms with E-state index in [1.54, 1.807) is 6.07 Å². The molecule has 1 aromatic heterocycles. The summed E-state index contributed by atoms with van der Waals surface area (Å²) < 4.78 is 0. The van der Waals surface area contributed by atoms with Gasteiger partial charge in [-0.2, -0.15) is 0 Å². The number of anilines is 1. The summed E-state index contributed by atoms with van der Waals surface area (Å²) in [6.07, 6.45) is 5.12. The second-order valence-electron chi connectivity index (χ2n) is 5.27. The van der Waals surface area contributed by atoms with Crippen molar-refractivity contribution < 1.29 is 4.79 Å². The standard InChI is InChI=1S/C15H23N3O/c1-3-16-14-10-6-9-13(17-14)15(19)18(2)11-12-7-4-5-8-12/h6,9-10,12H,3-5,7-8,11H2,1-2H3,(H,16,17). The van der Waals surface area contributed by atoms with Gasteiger partial charge in [-0.1, -0.05) is 18.9 Å². The van der Waals surface area contributed by atoms with Gasteiger partial charge in [0.05, 0.1) is 0 Å². The molecule has 104 valence electrons. The molecule has 0 bridgehead atoms. The third-order valence-corrected chi connectivity index (χ3v) is 3.68. The van der Waals surface area contributed by atoms with Crippen molar-refractivity contribution in [1.82, 2.24) is 9.88 Å². The lowest BCUT2D eigenvalue weighted by molar-refractivity contribution is 0.0767. The molecular formula is C15H23N3O. The van der Waals surface area contributed by atoms with E-state index in [4.69, 9.17) is 0 Å². The van der Waals surface area contributed by atoms with Gasteiger partial charge in [0.2, 0.25) is 0 Å². The van der Waals surface area contributed by atoms with Gasteiger partial charge in [-0.25, -0.2) is 4.98 Å². The van der Waals surface area contributed by atoms with Gasteiger partial charge in [0, 0.05) is 20.1 Å². The highest BCUT2D eigenvalue weighted by molar-refractivity contribution is 5.92. The summed E-state index contributed by atoms with van der Waals surface area (Å²) in [6, 6.07) is 5.55. The Balaban J connectivity index is 1.99. The number of aromatic nitrogens is 1. The zero-order chi connectivity index (χ0) is 13.7. The molecule has 0 spiro atoms. The topological polar surface area (TPSA) is 45.2 Å². The average Bonchev–Trinajstić information content (AvgIpc) is 2.91. The number of rotatable bonds is 5. The average molecular weight is 261 g/mol. The minimum absolute atomic E-state index is 0.0200. The molecule has 1 aliphatic carbocycles. The van der Waals surface area contributed by atoms with Gasteiger partial charge >= 0.3 is 0 Å². The van der Waals surface area contributed by atoms with Gasteiger partial charge in [-0.05, 0) is 37.8 Å². The predicted molar refractivity (Wildman–Crippen MR) is 77.3 cm³/mol. The zero-order valence-electron chi connectivity index (χ0n) is 11.9. The van der Waals surface area contributed by atoms with Crippen LogP contribution in [0.3, 0.4) is 0 Å². The third kappa shape index (κ3) is 3.69. The van der Waals surface area contributed by atoms with Gasteiger partial charge in [0.25, 0.3) is 5.91 Å². The number of carbonyl (C=O) groups is 1. The molecule has 0 saturated heterocycles. The summed E-state index contributed by atoms with van der Waals surface area (Å²) in [5.74, 6) is 1.46. The molecule has 1 aromatic rings. The molecule has 0 aromatic carbocycles. The Morgan fingerprint density at radius 3 is 2.84 bits per heavy atom. The van der Waals surface area contributed by atoms with E-state index < -0.39 is 0 Å². The Labute approximate surface area is 115 Å². The van der Waals surface area contributed by atoms with Crippen LogP contribution in [-0.4, -0.2) is 35.9 Å². The first kappa shape index (κ1) is 13.8. The van der Waals surface area contributed by atoms with E-state index in [1.165, 1.54) is 25.7 Å². The summed E-state index contributed by atoms with van der Waals surface area (Å²) in [4.78, 5) is 18.5. The van der Waals surface area contributed by atoms with Crippen LogP contribution in [0, 0.1) is 5.92 Å². The number of amides is 1. The van der Waals surface area contributed by atoms with E-state index in [1.807, 2.05) is 31.0 Å². The van der Waals surface area contributed by atoms with Crippen LogP contribution in [0.2, 0.25) is 0 Å². The molecule has 0 radical (unpaired) electrons. The molecule has 0 aliphatic heterocycles. The van der Waals surface area contributed by atoms with E-state index in [2.05, 4.69) is 10.3 Å². The number of hydrogen-bond acceptors (Lipinski definition) is 3. The first-order valence-corrected chi connectivity index (χ1v) is 7.17. The van der Waals surface area contributed by atoms with Gasteiger partial charge < -0.3 is 10.2 Å². The maximum Gasteiger partial charge on any atom is 0.272 e.